The van der Waals surface area contributed by atoms with Gasteiger partial charge in [0.05, 0.1) is 13.2 Å². The molecule has 0 spiro atoms. The van der Waals surface area contributed by atoms with Gasteiger partial charge in [0.15, 0.2) is 6.10 Å². The summed E-state index contributed by atoms with van der Waals surface area (Å²) >= 11 is 0. The highest BCUT2D eigenvalue weighted by molar-refractivity contribution is 5.82. The fourth-order valence-electron chi connectivity index (χ4n) is 3.28. The number of hydrogen-bond donors (Lipinski definition) is 0. The molecule has 1 amide bonds. The van der Waals surface area contributed by atoms with Crippen molar-refractivity contribution >= 4 is 11.7 Å². The molecular weight excluding hydrogens is 280 g/mol. The average Bonchev–Trinajstić information content (AvgIpc) is 3.29. The third-order valence-electron chi connectivity index (χ3n) is 4.75. The molecule has 0 bridgehead atoms. The molecule has 0 aromatic carbocycles. The topological polar surface area (TPSA) is 58.6 Å². The fourth-order valence-corrected chi connectivity index (χ4v) is 3.28. The Kier molecular flexibility index (Phi) is 3.70. The third kappa shape index (κ3) is 2.79. The SMILES string of the molecule is O=C(C1CN(c2cc(C3CC3)ncn2)CCO1)N1CCCC1. The van der Waals surface area contributed by atoms with Crippen LogP contribution in [0.5, 0.6) is 0 Å². The van der Waals surface area contributed by atoms with E-state index in [0.717, 1.165) is 44.0 Å². The first-order valence-electron chi connectivity index (χ1n) is 8.28. The van der Waals surface area contributed by atoms with Gasteiger partial charge in [0.25, 0.3) is 5.91 Å². The number of carbonyl (C=O) groups excluding carboxylic acids is 1. The van der Waals surface area contributed by atoms with Gasteiger partial charge in [-0.3, -0.25) is 4.79 Å². The van der Waals surface area contributed by atoms with Gasteiger partial charge in [-0.25, -0.2) is 9.97 Å². The molecule has 1 aliphatic carbocycles. The van der Waals surface area contributed by atoms with Crippen LogP contribution >= 0.6 is 0 Å². The van der Waals surface area contributed by atoms with Gasteiger partial charge < -0.3 is 14.5 Å². The van der Waals surface area contributed by atoms with Crippen LogP contribution in [0, 0.1) is 0 Å². The van der Waals surface area contributed by atoms with E-state index in [4.69, 9.17) is 4.74 Å². The first-order chi connectivity index (χ1) is 10.8. The molecule has 3 aliphatic rings. The Morgan fingerprint density at radius 1 is 1.18 bits per heavy atom. The third-order valence-corrected chi connectivity index (χ3v) is 4.75. The maximum atomic E-state index is 12.5. The van der Waals surface area contributed by atoms with Gasteiger partial charge >= 0.3 is 0 Å². The Balaban J connectivity index is 1.46. The molecule has 1 atom stereocenters. The lowest BCUT2D eigenvalue weighted by Crippen LogP contribution is -2.50. The molecule has 1 aromatic heterocycles. The van der Waals surface area contributed by atoms with E-state index in [1.165, 1.54) is 12.8 Å². The second-order valence-electron chi connectivity index (χ2n) is 6.41. The molecule has 6 nitrogen and oxygen atoms in total. The number of carbonyl (C=O) groups is 1. The highest BCUT2D eigenvalue weighted by Crippen LogP contribution is 2.39. The van der Waals surface area contributed by atoms with Gasteiger partial charge in [0.2, 0.25) is 0 Å². The van der Waals surface area contributed by atoms with Crippen LogP contribution in [0.2, 0.25) is 0 Å². The van der Waals surface area contributed by atoms with Crippen molar-refractivity contribution in [1.82, 2.24) is 14.9 Å². The first kappa shape index (κ1) is 13.9. The lowest BCUT2D eigenvalue weighted by Gasteiger charge is -2.34. The summed E-state index contributed by atoms with van der Waals surface area (Å²) in [5, 5.41) is 0. The summed E-state index contributed by atoms with van der Waals surface area (Å²) in [5.74, 6) is 1.68. The number of ether oxygens (including phenoxy) is 1. The molecule has 2 aliphatic heterocycles. The number of nitrogens with zero attached hydrogens (tertiary/aromatic N) is 4. The van der Waals surface area contributed by atoms with E-state index in [-0.39, 0.29) is 12.0 Å². The summed E-state index contributed by atoms with van der Waals surface area (Å²) < 4.78 is 5.72. The van der Waals surface area contributed by atoms with Crippen LogP contribution < -0.4 is 4.90 Å². The Labute approximate surface area is 130 Å². The standard InChI is InChI=1S/C16H22N4O2/c21-16(19-5-1-2-6-19)14-10-20(7-8-22-14)15-9-13(12-3-4-12)17-11-18-15/h9,11-12,14H,1-8,10H2. The number of amides is 1. The average molecular weight is 302 g/mol. The van der Waals surface area contributed by atoms with Crippen molar-refractivity contribution in [3.8, 4) is 0 Å². The lowest BCUT2D eigenvalue weighted by molar-refractivity contribution is -0.143. The van der Waals surface area contributed by atoms with Crippen LogP contribution in [-0.2, 0) is 9.53 Å². The molecule has 22 heavy (non-hydrogen) atoms. The van der Waals surface area contributed by atoms with Crippen molar-refractivity contribution in [3.63, 3.8) is 0 Å². The van der Waals surface area contributed by atoms with Gasteiger partial charge in [0, 0.05) is 37.3 Å². The van der Waals surface area contributed by atoms with Crippen molar-refractivity contribution < 1.29 is 9.53 Å². The number of aromatic nitrogens is 2. The smallest absolute Gasteiger partial charge is 0.253 e. The molecule has 0 N–H and O–H groups in total. The largest absolute Gasteiger partial charge is 0.365 e. The van der Waals surface area contributed by atoms with Crippen LogP contribution in [0.4, 0.5) is 5.82 Å². The number of morpholine rings is 1. The molecule has 1 saturated carbocycles. The second kappa shape index (κ2) is 5.83. The molecular formula is C16H22N4O2. The molecule has 4 rings (SSSR count). The van der Waals surface area contributed by atoms with Crippen LogP contribution in [0.15, 0.2) is 12.4 Å². The zero-order valence-electron chi connectivity index (χ0n) is 12.8. The van der Waals surface area contributed by atoms with Crippen molar-refractivity contribution in [2.45, 2.75) is 37.7 Å². The minimum atomic E-state index is -0.355. The Bertz CT molecular complexity index is 555. The van der Waals surface area contributed by atoms with Gasteiger partial charge in [-0.1, -0.05) is 0 Å². The van der Waals surface area contributed by atoms with E-state index in [1.54, 1.807) is 6.33 Å². The maximum Gasteiger partial charge on any atom is 0.253 e. The molecule has 118 valence electrons. The van der Waals surface area contributed by atoms with Gasteiger partial charge in [-0.2, -0.15) is 0 Å². The normalized spacial score (nSPS) is 25.5. The quantitative estimate of drug-likeness (QED) is 0.839. The highest BCUT2D eigenvalue weighted by atomic mass is 16.5. The van der Waals surface area contributed by atoms with Crippen LogP contribution in [0.3, 0.4) is 0 Å². The molecule has 1 aromatic rings. The predicted octanol–water partition coefficient (Wildman–Crippen LogP) is 1.18. The van der Waals surface area contributed by atoms with E-state index in [0.29, 0.717) is 19.1 Å². The van der Waals surface area contributed by atoms with Crippen molar-refractivity contribution in [1.29, 1.82) is 0 Å². The van der Waals surface area contributed by atoms with E-state index in [1.807, 2.05) is 4.90 Å². The zero-order chi connectivity index (χ0) is 14.9. The molecule has 6 heteroatoms. The number of rotatable bonds is 3. The van der Waals surface area contributed by atoms with Crippen molar-refractivity contribution in [2.75, 3.05) is 37.7 Å². The first-order valence-corrected chi connectivity index (χ1v) is 8.28. The van der Waals surface area contributed by atoms with E-state index >= 15 is 0 Å². The van der Waals surface area contributed by atoms with Crippen LogP contribution in [0.25, 0.3) is 0 Å². The number of hydrogen-bond acceptors (Lipinski definition) is 5. The second-order valence-corrected chi connectivity index (χ2v) is 6.41. The zero-order valence-corrected chi connectivity index (χ0v) is 12.8. The van der Waals surface area contributed by atoms with E-state index in [2.05, 4.69) is 20.9 Å². The van der Waals surface area contributed by atoms with Gasteiger partial charge in [-0.05, 0) is 25.7 Å². The molecule has 2 saturated heterocycles. The van der Waals surface area contributed by atoms with E-state index in [9.17, 15) is 4.79 Å². The van der Waals surface area contributed by atoms with E-state index < -0.39 is 0 Å². The van der Waals surface area contributed by atoms with Crippen LogP contribution in [-0.4, -0.2) is 59.7 Å². The highest BCUT2D eigenvalue weighted by Gasteiger charge is 2.32. The van der Waals surface area contributed by atoms with Gasteiger partial charge in [-0.15, -0.1) is 0 Å². The summed E-state index contributed by atoms with van der Waals surface area (Å²) in [7, 11) is 0. The van der Waals surface area contributed by atoms with Gasteiger partial charge in [0.1, 0.15) is 12.1 Å². The maximum absolute atomic E-state index is 12.5. The lowest BCUT2D eigenvalue weighted by atomic mass is 10.2. The Morgan fingerprint density at radius 3 is 2.77 bits per heavy atom. The Morgan fingerprint density at radius 2 is 2.00 bits per heavy atom. The predicted molar refractivity (Wildman–Crippen MR) is 81.8 cm³/mol. The number of likely N-dealkylation sites (tertiary alicyclic amines) is 1. The molecule has 0 radical (unpaired) electrons. The molecule has 3 fully saturated rings. The van der Waals surface area contributed by atoms with Crippen molar-refractivity contribution in [3.05, 3.63) is 18.1 Å². The monoisotopic (exact) mass is 302 g/mol. The summed E-state index contributed by atoms with van der Waals surface area (Å²) in [6, 6.07) is 2.08. The number of anilines is 1. The summed E-state index contributed by atoms with van der Waals surface area (Å²) in [4.78, 5) is 25.4. The molecule has 3 heterocycles. The minimum absolute atomic E-state index is 0.138. The summed E-state index contributed by atoms with van der Waals surface area (Å²) in [6.45, 7) is 3.70. The summed E-state index contributed by atoms with van der Waals surface area (Å²) in [6.07, 6.45) is 5.98. The summed E-state index contributed by atoms with van der Waals surface area (Å²) in [5.41, 5.74) is 1.14. The van der Waals surface area contributed by atoms with Crippen molar-refractivity contribution in [2.24, 2.45) is 0 Å². The minimum Gasteiger partial charge on any atom is -0.365 e. The molecule has 1 unspecified atom stereocenters. The fraction of sp³-hybridized carbons (Fsp3) is 0.688. The Hall–Kier alpha value is -1.69. The van der Waals surface area contributed by atoms with Crippen LogP contribution in [0.1, 0.15) is 37.3 Å².